The highest BCUT2D eigenvalue weighted by atomic mass is 16.5. The molecule has 0 bridgehead atoms. The smallest absolute Gasteiger partial charge is 0.124 e. The average molecular weight is 209 g/mol. The van der Waals surface area contributed by atoms with Crippen molar-refractivity contribution in [2.45, 2.75) is 31.9 Å². The summed E-state index contributed by atoms with van der Waals surface area (Å²) in [6.45, 7) is 3.79. The van der Waals surface area contributed by atoms with Gasteiger partial charge < -0.3 is 15.6 Å². The van der Waals surface area contributed by atoms with Crippen LogP contribution in [0.3, 0.4) is 0 Å². The Balaban J connectivity index is 2.86. The van der Waals surface area contributed by atoms with Crippen molar-refractivity contribution in [1.29, 1.82) is 0 Å². The van der Waals surface area contributed by atoms with Gasteiger partial charge in [-0.15, -0.1) is 0 Å². The molecule has 0 heterocycles. The SMILES string of the molecule is COc1ccccc1C(O)CC(C)(C)N. The van der Waals surface area contributed by atoms with Crippen LogP contribution in [-0.4, -0.2) is 17.8 Å². The maximum atomic E-state index is 10.0. The Kier molecular flexibility index (Phi) is 3.72. The maximum Gasteiger partial charge on any atom is 0.124 e. The first-order valence-corrected chi connectivity index (χ1v) is 5.04. The third-order valence-electron chi connectivity index (χ3n) is 2.22. The highest BCUT2D eigenvalue weighted by molar-refractivity contribution is 5.35. The summed E-state index contributed by atoms with van der Waals surface area (Å²) in [4.78, 5) is 0. The molecule has 0 saturated heterocycles. The molecule has 0 aliphatic heterocycles. The van der Waals surface area contributed by atoms with Gasteiger partial charge in [0.1, 0.15) is 5.75 Å². The summed E-state index contributed by atoms with van der Waals surface area (Å²) < 4.78 is 5.18. The molecule has 1 aromatic carbocycles. The van der Waals surface area contributed by atoms with Crippen LogP contribution in [-0.2, 0) is 0 Å². The van der Waals surface area contributed by atoms with Gasteiger partial charge in [-0.05, 0) is 26.3 Å². The monoisotopic (exact) mass is 209 g/mol. The van der Waals surface area contributed by atoms with E-state index in [0.717, 1.165) is 5.56 Å². The zero-order valence-corrected chi connectivity index (χ0v) is 9.53. The summed E-state index contributed by atoms with van der Waals surface area (Å²) in [5.41, 5.74) is 6.27. The van der Waals surface area contributed by atoms with Crippen molar-refractivity contribution in [2.24, 2.45) is 5.73 Å². The Morgan fingerprint density at radius 1 is 1.40 bits per heavy atom. The van der Waals surface area contributed by atoms with Gasteiger partial charge >= 0.3 is 0 Å². The van der Waals surface area contributed by atoms with Gasteiger partial charge in [0.25, 0.3) is 0 Å². The van der Waals surface area contributed by atoms with Crippen LogP contribution in [0.4, 0.5) is 0 Å². The van der Waals surface area contributed by atoms with E-state index in [2.05, 4.69) is 0 Å². The predicted molar refractivity (Wildman–Crippen MR) is 60.8 cm³/mol. The van der Waals surface area contributed by atoms with Crippen LogP contribution in [0, 0.1) is 0 Å². The van der Waals surface area contributed by atoms with E-state index in [1.54, 1.807) is 7.11 Å². The zero-order valence-electron chi connectivity index (χ0n) is 9.53. The number of benzene rings is 1. The molecule has 1 rings (SSSR count). The molecule has 1 aromatic rings. The first-order chi connectivity index (χ1) is 6.94. The van der Waals surface area contributed by atoms with Gasteiger partial charge in [0.05, 0.1) is 13.2 Å². The Morgan fingerprint density at radius 2 is 2.00 bits per heavy atom. The van der Waals surface area contributed by atoms with E-state index >= 15 is 0 Å². The summed E-state index contributed by atoms with van der Waals surface area (Å²) in [6, 6.07) is 7.45. The number of nitrogens with two attached hydrogens (primary N) is 1. The highest BCUT2D eigenvalue weighted by Gasteiger charge is 2.20. The number of aliphatic hydroxyl groups is 1. The van der Waals surface area contributed by atoms with Crippen molar-refractivity contribution < 1.29 is 9.84 Å². The van der Waals surface area contributed by atoms with Crippen molar-refractivity contribution in [3.05, 3.63) is 29.8 Å². The largest absolute Gasteiger partial charge is 0.496 e. The van der Waals surface area contributed by atoms with E-state index in [9.17, 15) is 5.11 Å². The molecule has 0 aliphatic carbocycles. The lowest BCUT2D eigenvalue weighted by Gasteiger charge is -2.23. The van der Waals surface area contributed by atoms with E-state index in [-0.39, 0.29) is 5.54 Å². The molecular formula is C12H19NO2. The third kappa shape index (κ3) is 3.53. The molecule has 84 valence electrons. The van der Waals surface area contributed by atoms with Crippen LogP contribution >= 0.6 is 0 Å². The van der Waals surface area contributed by atoms with Gasteiger partial charge in [0.2, 0.25) is 0 Å². The minimum absolute atomic E-state index is 0.389. The van der Waals surface area contributed by atoms with E-state index in [4.69, 9.17) is 10.5 Å². The lowest BCUT2D eigenvalue weighted by atomic mass is 9.93. The summed E-state index contributed by atoms with van der Waals surface area (Å²) in [7, 11) is 1.60. The summed E-state index contributed by atoms with van der Waals surface area (Å²) in [5, 5.41) is 10.0. The van der Waals surface area contributed by atoms with E-state index in [1.807, 2.05) is 38.1 Å². The third-order valence-corrected chi connectivity index (χ3v) is 2.22. The molecule has 3 heteroatoms. The van der Waals surface area contributed by atoms with Crippen molar-refractivity contribution in [3.8, 4) is 5.75 Å². The van der Waals surface area contributed by atoms with Crippen LogP contribution in [0.15, 0.2) is 24.3 Å². The molecule has 1 atom stereocenters. The van der Waals surface area contributed by atoms with Gasteiger partial charge in [0.15, 0.2) is 0 Å². The molecule has 3 N–H and O–H groups in total. The summed E-state index contributed by atoms with van der Waals surface area (Å²) >= 11 is 0. The molecule has 3 nitrogen and oxygen atoms in total. The molecule has 0 fully saturated rings. The van der Waals surface area contributed by atoms with Crippen molar-refractivity contribution >= 4 is 0 Å². The molecule has 0 saturated carbocycles. The second kappa shape index (κ2) is 4.64. The van der Waals surface area contributed by atoms with E-state index in [0.29, 0.717) is 12.2 Å². The molecule has 0 radical (unpaired) electrons. The van der Waals surface area contributed by atoms with Gasteiger partial charge in [-0.25, -0.2) is 0 Å². The zero-order chi connectivity index (χ0) is 11.5. The van der Waals surface area contributed by atoms with Crippen molar-refractivity contribution in [1.82, 2.24) is 0 Å². The van der Waals surface area contributed by atoms with Crippen LogP contribution in [0.5, 0.6) is 5.75 Å². The van der Waals surface area contributed by atoms with E-state index < -0.39 is 6.10 Å². The minimum atomic E-state index is -0.582. The fourth-order valence-electron chi connectivity index (χ4n) is 1.55. The minimum Gasteiger partial charge on any atom is -0.496 e. The molecule has 0 spiro atoms. The maximum absolute atomic E-state index is 10.0. The number of aliphatic hydroxyl groups excluding tert-OH is 1. The average Bonchev–Trinajstić information content (AvgIpc) is 2.15. The molecule has 1 unspecified atom stereocenters. The van der Waals surface area contributed by atoms with Gasteiger partial charge in [-0.1, -0.05) is 18.2 Å². The Hall–Kier alpha value is -1.06. The van der Waals surface area contributed by atoms with Crippen LogP contribution in [0.2, 0.25) is 0 Å². The quantitative estimate of drug-likeness (QED) is 0.795. The highest BCUT2D eigenvalue weighted by Crippen LogP contribution is 2.29. The fourth-order valence-corrected chi connectivity index (χ4v) is 1.55. The number of para-hydroxylation sites is 1. The number of hydrogen-bond donors (Lipinski definition) is 2. The molecule has 0 aliphatic rings. The predicted octanol–water partition coefficient (Wildman–Crippen LogP) is 1.86. The summed E-state index contributed by atoms with van der Waals surface area (Å²) in [6.07, 6.45) is -0.0750. The lowest BCUT2D eigenvalue weighted by Crippen LogP contribution is -2.33. The normalized spacial score (nSPS) is 13.7. The molecule has 0 amide bonds. The molecule has 15 heavy (non-hydrogen) atoms. The van der Waals surface area contributed by atoms with Gasteiger partial charge in [-0.2, -0.15) is 0 Å². The number of hydrogen-bond acceptors (Lipinski definition) is 3. The van der Waals surface area contributed by atoms with Crippen molar-refractivity contribution in [2.75, 3.05) is 7.11 Å². The second-order valence-electron chi connectivity index (χ2n) is 4.45. The number of rotatable bonds is 4. The first kappa shape index (κ1) is 12.0. The first-order valence-electron chi connectivity index (χ1n) is 5.04. The van der Waals surface area contributed by atoms with E-state index in [1.165, 1.54) is 0 Å². The summed E-state index contributed by atoms with van der Waals surface area (Å²) in [5.74, 6) is 0.703. The molecular weight excluding hydrogens is 190 g/mol. The molecule has 0 aromatic heterocycles. The van der Waals surface area contributed by atoms with Crippen LogP contribution in [0.1, 0.15) is 31.9 Å². The number of ether oxygens (including phenoxy) is 1. The Labute approximate surface area is 90.9 Å². The lowest BCUT2D eigenvalue weighted by molar-refractivity contribution is 0.139. The van der Waals surface area contributed by atoms with Crippen molar-refractivity contribution in [3.63, 3.8) is 0 Å². The number of methoxy groups -OCH3 is 1. The Bertz CT molecular complexity index is 318. The van der Waals surface area contributed by atoms with Gasteiger partial charge in [0, 0.05) is 11.1 Å². The second-order valence-corrected chi connectivity index (χ2v) is 4.45. The fraction of sp³-hybridized carbons (Fsp3) is 0.500. The topological polar surface area (TPSA) is 55.5 Å². The standard InChI is InChI=1S/C12H19NO2/c1-12(2,13)8-10(14)9-6-4-5-7-11(9)15-3/h4-7,10,14H,8,13H2,1-3H3. The van der Waals surface area contributed by atoms with Crippen LogP contribution in [0.25, 0.3) is 0 Å². The van der Waals surface area contributed by atoms with Crippen LogP contribution < -0.4 is 10.5 Å². The van der Waals surface area contributed by atoms with Gasteiger partial charge in [-0.3, -0.25) is 0 Å². The Morgan fingerprint density at radius 3 is 2.53 bits per heavy atom.